The standard InChI is InChI=1S/C15H22ClNO/c1-4-8-17-10-14-7-5-6-13(3)15(14)18-11-12(2)9-16/h5-7,9,17H,4,8,10-11H2,1-3H3/b12-9+. The third kappa shape index (κ3) is 4.71. The molecule has 1 aromatic rings. The molecule has 0 fully saturated rings. The second-order valence-electron chi connectivity index (χ2n) is 4.48. The lowest BCUT2D eigenvalue weighted by molar-refractivity contribution is 0.345. The third-order valence-electron chi connectivity index (χ3n) is 2.67. The largest absolute Gasteiger partial charge is 0.489 e. The van der Waals surface area contributed by atoms with Crippen LogP contribution in [0.1, 0.15) is 31.4 Å². The van der Waals surface area contributed by atoms with Crippen LogP contribution in [0.4, 0.5) is 0 Å². The molecule has 0 aliphatic rings. The van der Waals surface area contributed by atoms with Gasteiger partial charge < -0.3 is 10.1 Å². The maximum Gasteiger partial charge on any atom is 0.127 e. The zero-order valence-electron chi connectivity index (χ0n) is 11.4. The van der Waals surface area contributed by atoms with E-state index in [1.165, 1.54) is 5.56 Å². The summed E-state index contributed by atoms with van der Waals surface area (Å²) in [6, 6.07) is 6.23. The van der Waals surface area contributed by atoms with E-state index in [0.717, 1.165) is 36.4 Å². The molecule has 0 saturated heterocycles. The van der Waals surface area contributed by atoms with E-state index in [9.17, 15) is 0 Å². The minimum atomic E-state index is 0.537. The average molecular weight is 268 g/mol. The van der Waals surface area contributed by atoms with E-state index >= 15 is 0 Å². The zero-order valence-corrected chi connectivity index (χ0v) is 12.2. The van der Waals surface area contributed by atoms with Gasteiger partial charge in [-0.2, -0.15) is 0 Å². The van der Waals surface area contributed by atoms with Crippen LogP contribution < -0.4 is 10.1 Å². The summed E-state index contributed by atoms with van der Waals surface area (Å²) in [4.78, 5) is 0. The SMILES string of the molecule is CCCNCc1cccc(C)c1OC/C(C)=C/Cl. The van der Waals surface area contributed by atoms with Crippen molar-refractivity contribution in [2.75, 3.05) is 13.2 Å². The molecule has 0 atom stereocenters. The molecule has 2 nitrogen and oxygen atoms in total. The average Bonchev–Trinajstić information content (AvgIpc) is 2.38. The quantitative estimate of drug-likeness (QED) is 0.754. The fourth-order valence-electron chi connectivity index (χ4n) is 1.68. The first-order valence-corrected chi connectivity index (χ1v) is 6.80. The first-order chi connectivity index (χ1) is 8.69. The molecule has 0 unspecified atom stereocenters. The molecule has 1 aromatic carbocycles. The molecule has 1 rings (SSSR count). The summed E-state index contributed by atoms with van der Waals surface area (Å²) in [6.45, 7) is 8.59. The minimum Gasteiger partial charge on any atom is -0.489 e. The molecule has 3 heteroatoms. The monoisotopic (exact) mass is 267 g/mol. The molecule has 100 valence electrons. The van der Waals surface area contributed by atoms with Gasteiger partial charge in [-0.15, -0.1) is 0 Å². The van der Waals surface area contributed by atoms with Gasteiger partial charge in [-0.3, -0.25) is 0 Å². The Hall–Kier alpha value is -0.990. The van der Waals surface area contributed by atoms with Crippen molar-refractivity contribution in [2.24, 2.45) is 0 Å². The second-order valence-corrected chi connectivity index (χ2v) is 4.70. The summed E-state index contributed by atoms with van der Waals surface area (Å²) in [7, 11) is 0. The Balaban J connectivity index is 2.73. The normalized spacial score (nSPS) is 11.7. The first kappa shape index (κ1) is 15.1. The van der Waals surface area contributed by atoms with E-state index in [1.807, 2.05) is 6.92 Å². The van der Waals surface area contributed by atoms with E-state index in [2.05, 4.69) is 37.4 Å². The summed E-state index contributed by atoms with van der Waals surface area (Å²) in [5.41, 5.74) is 4.94. The molecule has 0 saturated carbocycles. The lowest BCUT2D eigenvalue weighted by Crippen LogP contribution is -2.15. The molecule has 0 spiro atoms. The van der Waals surface area contributed by atoms with Gasteiger partial charge in [0.05, 0.1) is 0 Å². The van der Waals surface area contributed by atoms with Crippen molar-refractivity contribution in [3.8, 4) is 5.75 Å². The summed E-state index contributed by atoms with van der Waals surface area (Å²) in [5, 5.41) is 3.40. The van der Waals surface area contributed by atoms with E-state index in [0.29, 0.717) is 6.61 Å². The van der Waals surface area contributed by atoms with Crippen LogP contribution >= 0.6 is 11.6 Å². The molecule has 0 bridgehead atoms. The molecule has 0 aliphatic heterocycles. The van der Waals surface area contributed by atoms with Gasteiger partial charge in [0, 0.05) is 17.6 Å². The predicted octanol–water partition coefficient (Wildman–Crippen LogP) is 4.02. The predicted molar refractivity (Wildman–Crippen MR) is 78.3 cm³/mol. The summed E-state index contributed by atoms with van der Waals surface area (Å²) < 4.78 is 5.86. The topological polar surface area (TPSA) is 21.3 Å². The Morgan fingerprint density at radius 1 is 1.44 bits per heavy atom. The van der Waals surface area contributed by atoms with Crippen LogP contribution in [0.3, 0.4) is 0 Å². The third-order valence-corrected chi connectivity index (χ3v) is 3.04. The molecule has 0 aliphatic carbocycles. The van der Waals surface area contributed by atoms with E-state index < -0.39 is 0 Å². The van der Waals surface area contributed by atoms with Crippen molar-refractivity contribution >= 4 is 11.6 Å². The highest BCUT2D eigenvalue weighted by atomic mass is 35.5. The second kappa shape index (κ2) is 8.17. The van der Waals surface area contributed by atoms with Crippen molar-refractivity contribution in [3.05, 3.63) is 40.4 Å². The number of para-hydroxylation sites is 1. The number of hydrogen-bond donors (Lipinski definition) is 1. The highest BCUT2D eigenvalue weighted by Gasteiger charge is 2.06. The fourth-order valence-corrected chi connectivity index (χ4v) is 1.74. The molecule has 1 N–H and O–H groups in total. The van der Waals surface area contributed by atoms with Crippen LogP contribution in [0, 0.1) is 6.92 Å². The van der Waals surface area contributed by atoms with E-state index in [1.54, 1.807) is 5.54 Å². The molecule has 0 amide bonds. The highest BCUT2D eigenvalue weighted by Crippen LogP contribution is 2.24. The Labute approximate surface area is 115 Å². The summed E-state index contributed by atoms with van der Waals surface area (Å²) >= 11 is 5.65. The van der Waals surface area contributed by atoms with Crippen molar-refractivity contribution in [3.63, 3.8) is 0 Å². The minimum absolute atomic E-state index is 0.537. The van der Waals surface area contributed by atoms with Crippen LogP contribution in [-0.4, -0.2) is 13.2 Å². The van der Waals surface area contributed by atoms with Gasteiger partial charge in [0.2, 0.25) is 0 Å². The molecule has 0 heterocycles. The Bertz CT molecular complexity index is 401. The van der Waals surface area contributed by atoms with Crippen LogP contribution in [0.25, 0.3) is 0 Å². The van der Waals surface area contributed by atoms with Crippen LogP contribution in [0.2, 0.25) is 0 Å². The van der Waals surface area contributed by atoms with Gasteiger partial charge in [-0.25, -0.2) is 0 Å². The maximum atomic E-state index is 5.86. The number of nitrogens with one attached hydrogen (secondary N) is 1. The molecule has 18 heavy (non-hydrogen) atoms. The number of hydrogen-bond acceptors (Lipinski definition) is 2. The van der Waals surface area contributed by atoms with E-state index in [4.69, 9.17) is 16.3 Å². The molecule has 0 radical (unpaired) electrons. The van der Waals surface area contributed by atoms with Gasteiger partial charge in [0.15, 0.2) is 0 Å². The number of aryl methyl sites for hydroxylation is 1. The summed E-state index contributed by atoms with van der Waals surface area (Å²) in [5.74, 6) is 0.971. The molecular weight excluding hydrogens is 246 g/mol. The number of ether oxygens (including phenoxy) is 1. The highest BCUT2D eigenvalue weighted by molar-refractivity contribution is 6.25. The zero-order chi connectivity index (χ0) is 13.4. The lowest BCUT2D eigenvalue weighted by Gasteiger charge is -2.14. The number of benzene rings is 1. The van der Waals surface area contributed by atoms with Gasteiger partial charge in [-0.05, 0) is 37.9 Å². The number of rotatable bonds is 7. The van der Waals surface area contributed by atoms with Crippen molar-refractivity contribution in [2.45, 2.75) is 33.7 Å². The Morgan fingerprint density at radius 3 is 2.89 bits per heavy atom. The smallest absolute Gasteiger partial charge is 0.127 e. The fraction of sp³-hybridized carbons (Fsp3) is 0.467. The van der Waals surface area contributed by atoms with Gasteiger partial charge >= 0.3 is 0 Å². The van der Waals surface area contributed by atoms with Crippen LogP contribution in [0.15, 0.2) is 29.3 Å². The van der Waals surface area contributed by atoms with Gasteiger partial charge in [0.25, 0.3) is 0 Å². The molecule has 0 aromatic heterocycles. The van der Waals surface area contributed by atoms with Crippen molar-refractivity contribution in [1.29, 1.82) is 0 Å². The van der Waals surface area contributed by atoms with Crippen LogP contribution in [0.5, 0.6) is 5.75 Å². The Morgan fingerprint density at radius 2 is 2.22 bits per heavy atom. The maximum absolute atomic E-state index is 5.86. The number of halogens is 1. The van der Waals surface area contributed by atoms with Gasteiger partial charge in [0.1, 0.15) is 12.4 Å². The molecular formula is C15H22ClNO. The Kier molecular flexibility index (Phi) is 6.84. The summed E-state index contributed by atoms with van der Waals surface area (Å²) in [6.07, 6.45) is 1.14. The van der Waals surface area contributed by atoms with Crippen molar-refractivity contribution in [1.82, 2.24) is 5.32 Å². The lowest BCUT2D eigenvalue weighted by atomic mass is 10.1. The van der Waals surface area contributed by atoms with Crippen molar-refractivity contribution < 1.29 is 4.74 Å². The van der Waals surface area contributed by atoms with Crippen LogP contribution in [-0.2, 0) is 6.54 Å². The van der Waals surface area contributed by atoms with Gasteiger partial charge in [-0.1, -0.05) is 36.7 Å². The van der Waals surface area contributed by atoms with E-state index in [-0.39, 0.29) is 0 Å². The first-order valence-electron chi connectivity index (χ1n) is 6.37.